The van der Waals surface area contributed by atoms with E-state index in [0.29, 0.717) is 0 Å². The predicted molar refractivity (Wildman–Crippen MR) is 170 cm³/mol. The molecule has 0 radical (unpaired) electrons. The molecule has 0 saturated heterocycles. The third-order valence-electron chi connectivity index (χ3n) is 8.21. The number of fused-ring (bicyclic) bond motifs is 6. The van der Waals surface area contributed by atoms with Crippen LogP contribution in [0.2, 0.25) is 0 Å². The first-order chi connectivity index (χ1) is 20.1. The van der Waals surface area contributed by atoms with Crippen molar-refractivity contribution in [2.45, 2.75) is 13.8 Å². The number of furan rings is 1. The van der Waals surface area contributed by atoms with Gasteiger partial charge in [0.1, 0.15) is 11.2 Å². The molecule has 0 aliphatic heterocycles. The van der Waals surface area contributed by atoms with Crippen LogP contribution < -0.4 is 0 Å². The number of hydrogen-bond acceptors (Lipinski definition) is 3. The van der Waals surface area contributed by atoms with Crippen LogP contribution in [0, 0.1) is 13.8 Å². The molecule has 0 atom stereocenters. The smallest absolute Gasteiger partial charge is 0.135 e. The van der Waals surface area contributed by atoms with Crippen molar-refractivity contribution in [3.63, 3.8) is 0 Å². The van der Waals surface area contributed by atoms with Gasteiger partial charge in [0.05, 0.1) is 16.7 Å². The molecule has 5 aromatic carbocycles. The summed E-state index contributed by atoms with van der Waals surface area (Å²) in [5.74, 6) is 0. The van der Waals surface area contributed by atoms with Crippen LogP contribution in [0.3, 0.4) is 0 Å². The molecule has 3 heteroatoms. The van der Waals surface area contributed by atoms with Crippen molar-refractivity contribution in [1.29, 1.82) is 0 Å². The minimum atomic E-state index is 0.864. The van der Waals surface area contributed by atoms with Gasteiger partial charge in [0.2, 0.25) is 0 Å². The zero-order valence-corrected chi connectivity index (χ0v) is 22.8. The van der Waals surface area contributed by atoms with E-state index in [9.17, 15) is 0 Å². The molecule has 8 rings (SSSR count). The number of benzene rings is 5. The first-order valence-corrected chi connectivity index (χ1v) is 13.9. The Hall–Kier alpha value is -5.28. The summed E-state index contributed by atoms with van der Waals surface area (Å²) in [6, 6.07) is 40.5. The molecular weight excluding hydrogens is 500 g/mol. The van der Waals surface area contributed by atoms with Crippen molar-refractivity contribution in [3.8, 4) is 33.5 Å². The standard InChI is InChI=1S/C38H26N2O/c1-23-8-3-4-9-28(23)31-20-25(14-13-24(31)2)26-15-17-35-32(21-26)33-22-27(16-18-36(33)41-35)37-38-30(11-7-19-39-38)29-10-5-6-12-34(29)40-37/h3-22H,1-2H3. The normalized spacial score (nSPS) is 11.7. The van der Waals surface area contributed by atoms with E-state index in [1.807, 2.05) is 18.3 Å². The van der Waals surface area contributed by atoms with Crippen molar-refractivity contribution in [3.05, 3.63) is 133 Å². The summed E-state index contributed by atoms with van der Waals surface area (Å²) in [6.45, 7) is 4.35. The highest BCUT2D eigenvalue weighted by Crippen LogP contribution is 2.38. The molecular formula is C38H26N2O. The van der Waals surface area contributed by atoms with E-state index in [4.69, 9.17) is 14.4 Å². The van der Waals surface area contributed by atoms with Crippen LogP contribution in [0.5, 0.6) is 0 Å². The Morgan fingerprint density at radius 3 is 2.02 bits per heavy atom. The SMILES string of the molecule is Cc1ccccc1-c1cc(-c2ccc3oc4ccc(-c5nc6ccccc6c6cccnc56)cc4c3c2)ccc1C. The highest BCUT2D eigenvalue weighted by molar-refractivity contribution is 6.11. The van der Waals surface area contributed by atoms with Crippen LogP contribution in [-0.4, -0.2) is 9.97 Å². The molecule has 0 N–H and O–H groups in total. The van der Waals surface area contributed by atoms with E-state index in [1.54, 1.807) is 0 Å². The fourth-order valence-corrected chi connectivity index (χ4v) is 6.06. The zero-order chi connectivity index (χ0) is 27.5. The molecule has 0 saturated carbocycles. The van der Waals surface area contributed by atoms with Crippen LogP contribution in [0.25, 0.3) is 77.3 Å². The summed E-state index contributed by atoms with van der Waals surface area (Å²) in [6.07, 6.45) is 1.84. The molecule has 0 aliphatic carbocycles. The average molecular weight is 527 g/mol. The van der Waals surface area contributed by atoms with E-state index in [2.05, 4.69) is 117 Å². The van der Waals surface area contributed by atoms with Crippen molar-refractivity contribution in [1.82, 2.24) is 9.97 Å². The van der Waals surface area contributed by atoms with Gasteiger partial charge in [-0.05, 0) is 95.8 Å². The van der Waals surface area contributed by atoms with Gasteiger partial charge in [-0.15, -0.1) is 0 Å². The second-order valence-corrected chi connectivity index (χ2v) is 10.7. The molecule has 0 spiro atoms. The van der Waals surface area contributed by atoms with Gasteiger partial charge in [0.15, 0.2) is 0 Å². The second-order valence-electron chi connectivity index (χ2n) is 10.7. The van der Waals surface area contributed by atoms with Crippen molar-refractivity contribution < 1.29 is 4.42 Å². The Kier molecular flexibility index (Phi) is 5.26. The van der Waals surface area contributed by atoms with Crippen LogP contribution in [0.15, 0.2) is 126 Å². The Morgan fingerprint density at radius 1 is 0.512 bits per heavy atom. The summed E-state index contributed by atoms with van der Waals surface area (Å²) in [5.41, 5.74) is 13.0. The number of rotatable bonds is 3. The highest BCUT2D eigenvalue weighted by Gasteiger charge is 2.15. The van der Waals surface area contributed by atoms with Gasteiger partial charge in [-0.2, -0.15) is 0 Å². The molecule has 0 fully saturated rings. The maximum Gasteiger partial charge on any atom is 0.135 e. The third kappa shape index (κ3) is 3.81. The molecule has 0 bridgehead atoms. The van der Waals surface area contributed by atoms with Gasteiger partial charge in [0.25, 0.3) is 0 Å². The minimum Gasteiger partial charge on any atom is -0.456 e. The largest absolute Gasteiger partial charge is 0.456 e. The summed E-state index contributed by atoms with van der Waals surface area (Å²) in [7, 11) is 0. The molecule has 3 nitrogen and oxygen atoms in total. The lowest BCUT2D eigenvalue weighted by Crippen LogP contribution is -1.91. The van der Waals surface area contributed by atoms with Crippen LogP contribution in [-0.2, 0) is 0 Å². The number of pyridine rings is 2. The molecule has 3 heterocycles. The summed E-state index contributed by atoms with van der Waals surface area (Å²) in [5, 5.41) is 4.39. The molecule has 0 unspecified atom stereocenters. The molecule has 194 valence electrons. The lowest BCUT2D eigenvalue weighted by Gasteiger charge is -2.12. The Bertz CT molecular complexity index is 2290. The van der Waals surface area contributed by atoms with Crippen LogP contribution in [0.1, 0.15) is 11.1 Å². The molecule has 3 aromatic heterocycles. The van der Waals surface area contributed by atoms with Crippen molar-refractivity contribution in [2.24, 2.45) is 0 Å². The number of para-hydroxylation sites is 1. The lowest BCUT2D eigenvalue weighted by atomic mass is 9.92. The van der Waals surface area contributed by atoms with E-state index in [0.717, 1.165) is 60.6 Å². The maximum absolute atomic E-state index is 6.28. The summed E-state index contributed by atoms with van der Waals surface area (Å²) < 4.78 is 6.28. The van der Waals surface area contributed by atoms with Crippen molar-refractivity contribution >= 4 is 43.7 Å². The van der Waals surface area contributed by atoms with Gasteiger partial charge in [-0.3, -0.25) is 4.98 Å². The number of hydrogen-bond donors (Lipinski definition) is 0. The van der Waals surface area contributed by atoms with Gasteiger partial charge < -0.3 is 4.42 Å². The number of aromatic nitrogens is 2. The third-order valence-corrected chi connectivity index (χ3v) is 8.21. The van der Waals surface area contributed by atoms with E-state index >= 15 is 0 Å². The van der Waals surface area contributed by atoms with Crippen LogP contribution in [0.4, 0.5) is 0 Å². The zero-order valence-electron chi connectivity index (χ0n) is 22.8. The fraction of sp³-hybridized carbons (Fsp3) is 0.0526. The van der Waals surface area contributed by atoms with Gasteiger partial charge in [0, 0.05) is 33.3 Å². The summed E-state index contributed by atoms with van der Waals surface area (Å²) in [4.78, 5) is 9.82. The Labute approximate surface area is 237 Å². The van der Waals surface area contributed by atoms with Crippen LogP contribution >= 0.6 is 0 Å². The van der Waals surface area contributed by atoms with Gasteiger partial charge in [-0.25, -0.2) is 4.98 Å². The molecule has 8 aromatic rings. The van der Waals surface area contributed by atoms with Gasteiger partial charge in [-0.1, -0.05) is 66.7 Å². The monoisotopic (exact) mass is 526 g/mol. The van der Waals surface area contributed by atoms with E-state index < -0.39 is 0 Å². The maximum atomic E-state index is 6.28. The quantitative estimate of drug-likeness (QED) is 0.215. The van der Waals surface area contributed by atoms with Gasteiger partial charge >= 0.3 is 0 Å². The van der Waals surface area contributed by atoms with E-state index in [1.165, 1.54) is 27.8 Å². The average Bonchev–Trinajstić information content (AvgIpc) is 3.38. The number of nitrogens with zero attached hydrogens (tertiary/aromatic N) is 2. The first-order valence-electron chi connectivity index (χ1n) is 13.9. The minimum absolute atomic E-state index is 0.864. The highest BCUT2D eigenvalue weighted by atomic mass is 16.3. The predicted octanol–water partition coefficient (Wildman–Crippen LogP) is 10.3. The molecule has 41 heavy (non-hydrogen) atoms. The van der Waals surface area contributed by atoms with E-state index in [-0.39, 0.29) is 0 Å². The first kappa shape index (κ1) is 23.6. The molecule has 0 aliphatic rings. The Morgan fingerprint density at radius 2 is 1.17 bits per heavy atom. The van der Waals surface area contributed by atoms with Crippen molar-refractivity contribution in [2.75, 3.05) is 0 Å². The summed E-state index contributed by atoms with van der Waals surface area (Å²) >= 11 is 0. The second kappa shape index (κ2) is 9.14. The lowest BCUT2D eigenvalue weighted by molar-refractivity contribution is 0.669. The number of aryl methyl sites for hydroxylation is 2. The Balaban J connectivity index is 1.30. The molecule has 0 amide bonds. The topological polar surface area (TPSA) is 38.9 Å². The fourth-order valence-electron chi connectivity index (χ4n) is 6.06.